The molecule has 3 N–H and O–H groups in total. The third kappa shape index (κ3) is 4.12. The van der Waals surface area contributed by atoms with Crippen LogP contribution in [0.2, 0.25) is 0 Å². The fourth-order valence-electron chi connectivity index (χ4n) is 2.26. The number of benzene rings is 1. The number of hydrogen-bond donors (Lipinski definition) is 2. The van der Waals surface area contributed by atoms with Gasteiger partial charge in [0, 0.05) is 12.1 Å². The Morgan fingerprint density at radius 3 is 2.79 bits per heavy atom. The van der Waals surface area contributed by atoms with Gasteiger partial charge in [-0.3, -0.25) is 4.79 Å². The summed E-state index contributed by atoms with van der Waals surface area (Å²) >= 11 is 0. The van der Waals surface area contributed by atoms with Gasteiger partial charge >= 0.3 is 0 Å². The van der Waals surface area contributed by atoms with Crippen LogP contribution in [0, 0.1) is 5.82 Å². The first-order valence-electron chi connectivity index (χ1n) is 6.62. The van der Waals surface area contributed by atoms with Crippen molar-refractivity contribution in [1.29, 1.82) is 0 Å². The first kappa shape index (κ1) is 13.6. The van der Waals surface area contributed by atoms with Crippen LogP contribution in [0.4, 0.5) is 10.1 Å². The molecular weight excluding hydrogens is 247 g/mol. The lowest BCUT2D eigenvalue weighted by Gasteiger charge is -2.22. The molecule has 104 valence electrons. The minimum Gasteiger partial charge on any atom is -0.484 e. The summed E-state index contributed by atoms with van der Waals surface area (Å²) in [7, 11) is 0. The van der Waals surface area contributed by atoms with Crippen LogP contribution < -0.4 is 15.8 Å². The number of halogens is 1. The summed E-state index contributed by atoms with van der Waals surface area (Å²) in [6.07, 6.45) is 5.63. The van der Waals surface area contributed by atoms with Crippen molar-refractivity contribution < 1.29 is 13.9 Å². The molecule has 1 saturated carbocycles. The second-order valence-electron chi connectivity index (χ2n) is 4.87. The molecule has 0 heterocycles. The van der Waals surface area contributed by atoms with Crippen LogP contribution in [0.1, 0.15) is 32.1 Å². The van der Waals surface area contributed by atoms with Crippen LogP contribution in [-0.2, 0) is 4.79 Å². The lowest BCUT2D eigenvalue weighted by molar-refractivity contribution is -0.124. The molecular formula is C14H19FN2O2. The maximum absolute atomic E-state index is 13.2. The Bertz CT molecular complexity index is 445. The molecule has 0 unspecified atom stereocenters. The molecule has 19 heavy (non-hydrogen) atoms. The highest BCUT2D eigenvalue weighted by Crippen LogP contribution is 2.19. The quantitative estimate of drug-likeness (QED) is 0.821. The van der Waals surface area contributed by atoms with E-state index in [-0.39, 0.29) is 24.2 Å². The van der Waals surface area contributed by atoms with Gasteiger partial charge in [-0.1, -0.05) is 19.3 Å². The molecule has 1 aliphatic rings. The van der Waals surface area contributed by atoms with Crippen LogP contribution in [-0.4, -0.2) is 18.6 Å². The minimum absolute atomic E-state index is 0.0685. The molecule has 1 aliphatic carbocycles. The zero-order valence-corrected chi connectivity index (χ0v) is 10.8. The van der Waals surface area contributed by atoms with Crippen molar-refractivity contribution in [2.24, 2.45) is 0 Å². The number of carbonyl (C=O) groups is 1. The highest BCUT2D eigenvalue weighted by Gasteiger charge is 2.15. The van der Waals surface area contributed by atoms with E-state index in [0.717, 1.165) is 25.7 Å². The van der Waals surface area contributed by atoms with Crippen molar-refractivity contribution in [1.82, 2.24) is 5.32 Å². The van der Waals surface area contributed by atoms with Crippen molar-refractivity contribution in [2.45, 2.75) is 38.1 Å². The summed E-state index contributed by atoms with van der Waals surface area (Å²) in [5.74, 6) is -0.389. The molecule has 4 nitrogen and oxygen atoms in total. The number of rotatable bonds is 4. The molecule has 1 aromatic rings. The molecule has 5 heteroatoms. The van der Waals surface area contributed by atoms with Crippen molar-refractivity contribution >= 4 is 11.6 Å². The first-order valence-corrected chi connectivity index (χ1v) is 6.62. The van der Waals surface area contributed by atoms with Gasteiger partial charge in [0.15, 0.2) is 6.61 Å². The second kappa shape index (κ2) is 6.41. The Morgan fingerprint density at radius 2 is 2.11 bits per heavy atom. The number of anilines is 1. The van der Waals surface area contributed by atoms with E-state index in [9.17, 15) is 9.18 Å². The van der Waals surface area contributed by atoms with Crippen LogP contribution in [0.3, 0.4) is 0 Å². The van der Waals surface area contributed by atoms with E-state index in [0.29, 0.717) is 5.75 Å². The Morgan fingerprint density at radius 1 is 1.37 bits per heavy atom. The van der Waals surface area contributed by atoms with Gasteiger partial charge in [-0.15, -0.1) is 0 Å². The fourth-order valence-corrected chi connectivity index (χ4v) is 2.26. The Labute approximate surface area is 112 Å². The summed E-state index contributed by atoms with van der Waals surface area (Å²) in [4.78, 5) is 11.7. The summed E-state index contributed by atoms with van der Waals surface area (Å²) in [6, 6.07) is 4.41. The number of nitrogens with two attached hydrogens (primary N) is 1. The molecule has 2 rings (SSSR count). The summed E-state index contributed by atoms with van der Waals surface area (Å²) < 4.78 is 18.4. The van der Waals surface area contributed by atoms with E-state index in [4.69, 9.17) is 10.5 Å². The average molecular weight is 266 g/mol. The van der Waals surface area contributed by atoms with E-state index >= 15 is 0 Å². The number of nitrogens with one attached hydrogen (secondary N) is 1. The lowest BCUT2D eigenvalue weighted by Crippen LogP contribution is -2.38. The molecule has 1 amide bonds. The third-order valence-electron chi connectivity index (χ3n) is 3.31. The van der Waals surface area contributed by atoms with E-state index < -0.39 is 5.82 Å². The highest BCUT2D eigenvalue weighted by molar-refractivity contribution is 5.77. The van der Waals surface area contributed by atoms with Crippen molar-refractivity contribution in [3.63, 3.8) is 0 Å². The van der Waals surface area contributed by atoms with Crippen LogP contribution in [0.5, 0.6) is 5.75 Å². The second-order valence-corrected chi connectivity index (χ2v) is 4.87. The van der Waals surface area contributed by atoms with Crippen LogP contribution in [0.25, 0.3) is 0 Å². The molecule has 1 fully saturated rings. The number of hydrogen-bond acceptors (Lipinski definition) is 3. The van der Waals surface area contributed by atoms with Gasteiger partial charge in [-0.25, -0.2) is 4.39 Å². The lowest BCUT2D eigenvalue weighted by atomic mass is 9.95. The monoisotopic (exact) mass is 266 g/mol. The van der Waals surface area contributed by atoms with Crippen molar-refractivity contribution in [3.8, 4) is 5.75 Å². The molecule has 0 aromatic heterocycles. The molecule has 0 saturated heterocycles. The zero-order chi connectivity index (χ0) is 13.7. The van der Waals surface area contributed by atoms with Gasteiger partial charge in [0.05, 0.1) is 5.69 Å². The Kier molecular flexibility index (Phi) is 4.60. The van der Waals surface area contributed by atoms with Gasteiger partial charge in [0.25, 0.3) is 5.91 Å². The Balaban J connectivity index is 1.77. The minimum atomic E-state index is -0.537. The summed E-state index contributed by atoms with van der Waals surface area (Å²) in [6.45, 7) is -0.0974. The molecule has 0 spiro atoms. The highest BCUT2D eigenvalue weighted by atomic mass is 19.1. The smallest absolute Gasteiger partial charge is 0.258 e. The van der Waals surface area contributed by atoms with Gasteiger partial charge in [-0.05, 0) is 25.0 Å². The van der Waals surface area contributed by atoms with E-state index in [1.54, 1.807) is 6.07 Å². The van der Waals surface area contributed by atoms with Crippen LogP contribution >= 0.6 is 0 Å². The number of amides is 1. The van der Waals surface area contributed by atoms with Crippen molar-refractivity contribution in [3.05, 3.63) is 24.0 Å². The molecule has 0 bridgehead atoms. The molecule has 0 aliphatic heterocycles. The van der Waals surface area contributed by atoms with Crippen LogP contribution in [0.15, 0.2) is 18.2 Å². The number of ether oxygens (including phenoxy) is 1. The number of carbonyl (C=O) groups excluding carboxylic acids is 1. The average Bonchev–Trinajstić information content (AvgIpc) is 2.41. The SMILES string of the molecule is Nc1ccc(OCC(=O)NC2CCCCC2)cc1F. The molecule has 1 aromatic carbocycles. The summed E-state index contributed by atoms with van der Waals surface area (Å²) in [5.41, 5.74) is 5.43. The standard InChI is InChI=1S/C14H19FN2O2/c15-12-8-11(6-7-13(12)16)19-9-14(18)17-10-4-2-1-3-5-10/h6-8,10H,1-5,9,16H2,(H,17,18). The van der Waals surface area contributed by atoms with E-state index in [1.165, 1.54) is 18.6 Å². The maximum atomic E-state index is 13.2. The normalized spacial score (nSPS) is 16.1. The predicted octanol–water partition coefficient (Wildman–Crippen LogP) is 2.24. The van der Waals surface area contributed by atoms with E-state index in [1.807, 2.05) is 0 Å². The van der Waals surface area contributed by atoms with Gasteiger partial charge in [0.2, 0.25) is 0 Å². The molecule has 0 radical (unpaired) electrons. The zero-order valence-electron chi connectivity index (χ0n) is 10.8. The topological polar surface area (TPSA) is 64.3 Å². The summed E-state index contributed by atoms with van der Waals surface area (Å²) in [5, 5.41) is 2.93. The maximum Gasteiger partial charge on any atom is 0.258 e. The number of nitrogen functional groups attached to an aromatic ring is 1. The fraction of sp³-hybridized carbons (Fsp3) is 0.500. The Hall–Kier alpha value is -1.78. The third-order valence-corrected chi connectivity index (χ3v) is 3.31. The predicted molar refractivity (Wildman–Crippen MR) is 71.3 cm³/mol. The molecule has 0 atom stereocenters. The largest absolute Gasteiger partial charge is 0.484 e. The van der Waals surface area contributed by atoms with Gasteiger partial charge in [-0.2, -0.15) is 0 Å². The van der Waals surface area contributed by atoms with Gasteiger partial charge < -0.3 is 15.8 Å². The van der Waals surface area contributed by atoms with Gasteiger partial charge in [0.1, 0.15) is 11.6 Å². The first-order chi connectivity index (χ1) is 9.15. The van der Waals surface area contributed by atoms with E-state index in [2.05, 4.69) is 5.32 Å². The van der Waals surface area contributed by atoms with Crippen molar-refractivity contribution in [2.75, 3.05) is 12.3 Å².